The van der Waals surface area contributed by atoms with Gasteiger partial charge in [-0.15, -0.1) is 0 Å². The number of aliphatic hydroxyl groups excluding tert-OH is 1. The average molecular weight is 202 g/mol. The van der Waals surface area contributed by atoms with E-state index in [4.69, 9.17) is 0 Å². The summed E-state index contributed by atoms with van der Waals surface area (Å²) in [5.74, 6) is 0.211. The first kappa shape index (κ1) is 11.2. The predicted octanol–water partition coefficient (Wildman–Crippen LogP) is 3.12. The molecule has 0 aromatic heterocycles. The zero-order chi connectivity index (χ0) is 11.3. The number of carbonyl (C=O) groups is 1. The molecule has 0 atom stereocenters. The molecule has 2 nitrogen and oxygen atoms in total. The van der Waals surface area contributed by atoms with Gasteiger partial charge in [-0.3, -0.25) is 4.79 Å². The van der Waals surface area contributed by atoms with Crippen molar-refractivity contribution in [3.8, 4) is 0 Å². The van der Waals surface area contributed by atoms with E-state index in [0.29, 0.717) is 11.1 Å². The van der Waals surface area contributed by atoms with E-state index < -0.39 is 0 Å². The summed E-state index contributed by atoms with van der Waals surface area (Å²) in [6.07, 6.45) is 2.45. The predicted molar refractivity (Wildman–Crippen MR) is 61.5 cm³/mol. The molecule has 0 aliphatic rings. The molecule has 0 bridgehead atoms. The summed E-state index contributed by atoms with van der Waals surface area (Å²) in [6, 6.07) is 9.47. The zero-order valence-corrected chi connectivity index (χ0v) is 8.90. The van der Waals surface area contributed by atoms with Gasteiger partial charge in [-0.25, -0.2) is 0 Å². The van der Waals surface area contributed by atoms with Crippen LogP contribution >= 0.6 is 0 Å². The molecule has 0 amide bonds. The topological polar surface area (TPSA) is 37.3 Å². The minimum absolute atomic E-state index is 0.211. The smallest absolute Gasteiger partial charge is 0.145 e. The van der Waals surface area contributed by atoms with Crippen molar-refractivity contribution >= 4 is 11.9 Å². The third-order valence-electron chi connectivity index (χ3n) is 2.03. The average Bonchev–Trinajstić information content (AvgIpc) is 2.26. The highest BCUT2D eigenvalue weighted by atomic mass is 16.3. The fourth-order valence-corrected chi connectivity index (χ4v) is 1.28. The summed E-state index contributed by atoms with van der Waals surface area (Å²) in [5, 5.41) is 9.53. The lowest BCUT2D eigenvalue weighted by Gasteiger charge is -2.04. The van der Waals surface area contributed by atoms with Gasteiger partial charge < -0.3 is 5.11 Å². The van der Waals surface area contributed by atoms with E-state index in [9.17, 15) is 9.90 Å². The van der Waals surface area contributed by atoms with Gasteiger partial charge in [-0.05, 0) is 31.1 Å². The van der Waals surface area contributed by atoms with E-state index in [-0.39, 0.29) is 5.76 Å². The van der Waals surface area contributed by atoms with Gasteiger partial charge in [-0.2, -0.15) is 0 Å². The first-order valence-electron chi connectivity index (χ1n) is 4.74. The molecule has 0 aliphatic carbocycles. The van der Waals surface area contributed by atoms with Crippen molar-refractivity contribution in [3.05, 3.63) is 53.3 Å². The Balaban J connectivity index is 3.18. The van der Waals surface area contributed by atoms with Crippen LogP contribution in [0.5, 0.6) is 0 Å². The van der Waals surface area contributed by atoms with Crippen molar-refractivity contribution in [2.24, 2.45) is 0 Å². The Morgan fingerprint density at radius 2 is 1.80 bits per heavy atom. The highest BCUT2D eigenvalue weighted by Gasteiger charge is 2.02. The molecule has 0 fully saturated rings. The van der Waals surface area contributed by atoms with Crippen LogP contribution in [0, 0.1) is 0 Å². The molecule has 0 saturated carbocycles. The van der Waals surface area contributed by atoms with Crippen molar-refractivity contribution in [2.75, 3.05) is 0 Å². The number of aliphatic hydroxyl groups is 1. The Morgan fingerprint density at radius 1 is 1.20 bits per heavy atom. The molecule has 2 heteroatoms. The molecule has 0 saturated heterocycles. The van der Waals surface area contributed by atoms with E-state index >= 15 is 0 Å². The summed E-state index contributed by atoms with van der Waals surface area (Å²) in [7, 11) is 0. The summed E-state index contributed by atoms with van der Waals surface area (Å²) in [4.78, 5) is 10.5. The first-order chi connectivity index (χ1) is 7.15. The fourth-order valence-electron chi connectivity index (χ4n) is 1.28. The Bertz CT molecular complexity index is 396. The molecule has 1 N–H and O–H groups in total. The first-order valence-corrected chi connectivity index (χ1v) is 4.74. The maximum atomic E-state index is 10.5. The molecule has 15 heavy (non-hydrogen) atoms. The molecule has 0 unspecified atom stereocenters. The van der Waals surface area contributed by atoms with Crippen molar-refractivity contribution < 1.29 is 9.90 Å². The highest BCUT2D eigenvalue weighted by Crippen LogP contribution is 2.19. The van der Waals surface area contributed by atoms with Crippen LogP contribution in [0.4, 0.5) is 0 Å². The van der Waals surface area contributed by atoms with E-state index in [1.54, 1.807) is 19.9 Å². The van der Waals surface area contributed by atoms with E-state index in [1.807, 2.05) is 30.3 Å². The van der Waals surface area contributed by atoms with Crippen LogP contribution in [-0.2, 0) is 4.79 Å². The summed E-state index contributed by atoms with van der Waals surface area (Å²) < 4.78 is 0. The molecule has 0 heterocycles. The lowest BCUT2D eigenvalue weighted by molar-refractivity contribution is -0.104. The van der Waals surface area contributed by atoms with Crippen LogP contribution in [0.15, 0.2) is 47.7 Å². The Kier molecular flexibility index (Phi) is 3.86. The van der Waals surface area contributed by atoms with Gasteiger partial charge in [0, 0.05) is 5.57 Å². The third kappa shape index (κ3) is 3.09. The maximum absolute atomic E-state index is 10.5. The minimum atomic E-state index is 0.211. The second-order valence-corrected chi connectivity index (χ2v) is 3.37. The number of rotatable bonds is 3. The van der Waals surface area contributed by atoms with Crippen molar-refractivity contribution in [2.45, 2.75) is 13.8 Å². The largest absolute Gasteiger partial charge is 0.512 e. The van der Waals surface area contributed by atoms with Crippen LogP contribution in [0.3, 0.4) is 0 Å². The van der Waals surface area contributed by atoms with E-state index in [1.165, 1.54) is 0 Å². The number of aldehydes is 1. The lowest BCUT2D eigenvalue weighted by Crippen LogP contribution is -1.88. The number of hydrogen-bond donors (Lipinski definition) is 1. The molecule has 0 radical (unpaired) electrons. The second-order valence-electron chi connectivity index (χ2n) is 3.37. The summed E-state index contributed by atoms with van der Waals surface area (Å²) in [5.41, 5.74) is 2.17. The highest BCUT2D eigenvalue weighted by molar-refractivity contribution is 5.83. The molecular formula is C13H14O2. The standard InChI is InChI=1S/C13H14O2/c1-10(9-14)8-13(11(2)15)12-6-4-3-5-7-12/h3-9,15H,1-2H3/b10-8+,13-11-. The molecule has 78 valence electrons. The number of hydrogen-bond acceptors (Lipinski definition) is 2. The van der Waals surface area contributed by atoms with E-state index in [2.05, 4.69) is 0 Å². The summed E-state index contributed by atoms with van der Waals surface area (Å²) >= 11 is 0. The number of carbonyl (C=O) groups excluding carboxylic acids is 1. The van der Waals surface area contributed by atoms with Gasteiger partial charge in [-0.1, -0.05) is 30.3 Å². The zero-order valence-electron chi connectivity index (χ0n) is 8.90. The quantitative estimate of drug-likeness (QED) is 0.354. The minimum Gasteiger partial charge on any atom is -0.512 e. The normalized spacial score (nSPS) is 13.3. The molecule has 0 aliphatic heterocycles. The SMILES string of the molecule is C/C(O)=C(\C=C(/C)C=O)c1ccccc1. The van der Waals surface area contributed by atoms with Gasteiger partial charge in [0.05, 0.1) is 5.76 Å². The maximum Gasteiger partial charge on any atom is 0.145 e. The van der Waals surface area contributed by atoms with Crippen LogP contribution < -0.4 is 0 Å². The Hall–Kier alpha value is -1.83. The van der Waals surface area contributed by atoms with E-state index in [0.717, 1.165) is 11.8 Å². The van der Waals surface area contributed by atoms with Crippen LogP contribution in [0.25, 0.3) is 5.57 Å². The van der Waals surface area contributed by atoms with Gasteiger partial charge in [0.2, 0.25) is 0 Å². The second kappa shape index (κ2) is 5.15. The van der Waals surface area contributed by atoms with Crippen molar-refractivity contribution in [1.82, 2.24) is 0 Å². The van der Waals surface area contributed by atoms with Gasteiger partial charge in [0.25, 0.3) is 0 Å². The molecule has 0 spiro atoms. The summed E-state index contributed by atoms with van der Waals surface area (Å²) in [6.45, 7) is 3.32. The number of allylic oxidation sites excluding steroid dienone is 4. The van der Waals surface area contributed by atoms with Crippen LogP contribution in [-0.4, -0.2) is 11.4 Å². The number of benzene rings is 1. The molecule has 1 rings (SSSR count). The molecule has 1 aromatic carbocycles. The van der Waals surface area contributed by atoms with Gasteiger partial charge >= 0.3 is 0 Å². The Labute approximate surface area is 89.6 Å². The lowest BCUT2D eigenvalue weighted by atomic mass is 10.0. The fraction of sp³-hybridized carbons (Fsp3) is 0.154. The third-order valence-corrected chi connectivity index (χ3v) is 2.03. The van der Waals surface area contributed by atoms with Gasteiger partial charge in [0.15, 0.2) is 0 Å². The Morgan fingerprint density at radius 3 is 2.27 bits per heavy atom. The monoisotopic (exact) mass is 202 g/mol. The molecule has 1 aromatic rings. The van der Waals surface area contributed by atoms with Crippen molar-refractivity contribution in [3.63, 3.8) is 0 Å². The van der Waals surface area contributed by atoms with Crippen molar-refractivity contribution in [1.29, 1.82) is 0 Å². The van der Waals surface area contributed by atoms with Crippen LogP contribution in [0.2, 0.25) is 0 Å². The molecular weight excluding hydrogens is 188 g/mol. The van der Waals surface area contributed by atoms with Crippen LogP contribution in [0.1, 0.15) is 19.4 Å². The van der Waals surface area contributed by atoms with Gasteiger partial charge in [0.1, 0.15) is 6.29 Å².